The highest BCUT2D eigenvalue weighted by Gasteiger charge is 2.20. The summed E-state index contributed by atoms with van der Waals surface area (Å²) in [4.78, 5) is 20.5. The highest BCUT2D eigenvalue weighted by Crippen LogP contribution is 2.32. The molecule has 0 spiro atoms. The summed E-state index contributed by atoms with van der Waals surface area (Å²) in [7, 11) is 0. The van der Waals surface area contributed by atoms with E-state index in [9.17, 15) is 4.79 Å². The molecule has 0 aliphatic heterocycles. The number of hydrogen-bond donors (Lipinski definition) is 0. The van der Waals surface area contributed by atoms with Gasteiger partial charge in [0, 0.05) is 10.4 Å². The molecule has 0 bridgehead atoms. The van der Waals surface area contributed by atoms with Crippen LogP contribution in [0, 0.1) is 27.7 Å². The van der Waals surface area contributed by atoms with Crippen LogP contribution in [0.2, 0.25) is 0 Å². The second-order valence-electron chi connectivity index (χ2n) is 7.87. The third kappa shape index (κ3) is 3.89. The zero-order chi connectivity index (χ0) is 23.1. The molecule has 8 heteroatoms. The first-order valence-electron chi connectivity index (χ1n) is 10.5. The highest BCUT2D eigenvalue weighted by molar-refractivity contribution is 7.98. The summed E-state index contributed by atoms with van der Waals surface area (Å²) in [6.07, 6.45) is 0. The van der Waals surface area contributed by atoms with Crippen LogP contribution in [0.25, 0.3) is 27.4 Å². The van der Waals surface area contributed by atoms with E-state index in [1.807, 2.05) is 76.2 Å². The van der Waals surface area contributed by atoms with Gasteiger partial charge in [0.05, 0.1) is 16.8 Å². The molecule has 0 unspecified atom stereocenters. The van der Waals surface area contributed by atoms with Crippen molar-refractivity contribution in [2.45, 2.75) is 38.6 Å². The normalized spacial score (nSPS) is 11.4. The summed E-state index contributed by atoms with van der Waals surface area (Å²) < 4.78 is 7.59. The van der Waals surface area contributed by atoms with Crippen molar-refractivity contribution in [1.82, 2.24) is 19.7 Å². The SMILES string of the molecule is Cc1cccc(-n2c(SCc3nnc(-c4ccccc4)o3)nc3sc(C)c(C)c3c2=O)c1C. The molecule has 0 atom stereocenters. The minimum Gasteiger partial charge on any atom is -0.420 e. The Hall–Kier alpha value is -3.23. The molecule has 6 nitrogen and oxygen atoms in total. The van der Waals surface area contributed by atoms with E-state index in [0.29, 0.717) is 28.1 Å². The van der Waals surface area contributed by atoms with E-state index < -0.39 is 0 Å². The quantitative estimate of drug-likeness (QED) is 0.229. The lowest BCUT2D eigenvalue weighted by molar-refractivity contribution is 0.528. The van der Waals surface area contributed by atoms with Crippen molar-refractivity contribution >= 4 is 33.3 Å². The van der Waals surface area contributed by atoms with Crippen molar-refractivity contribution in [3.05, 3.63) is 86.3 Å². The van der Waals surface area contributed by atoms with E-state index in [0.717, 1.165) is 37.6 Å². The summed E-state index contributed by atoms with van der Waals surface area (Å²) in [5, 5.41) is 9.67. The third-order valence-electron chi connectivity index (χ3n) is 5.80. The maximum absolute atomic E-state index is 13.7. The summed E-state index contributed by atoms with van der Waals surface area (Å²) in [5.41, 5.74) is 4.84. The average molecular weight is 475 g/mol. The molecule has 5 aromatic rings. The molecule has 0 N–H and O–H groups in total. The molecule has 3 heterocycles. The number of thiophene rings is 1. The first-order valence-corrected chi connectivity index (χ1v) is 12.3. The van der Waals surface area contributed by atoms with Gasteiger partial charge in [-0.05, 0) is 62.6 Å². The standard InChI is InChI=1S/C25H22N4O2S2/c1-14-9-8-12-19(15(14)2)29-24(30)21-16(3)17(4)33-23(21)26-25(29)32-13-20-27-28-22(31-20)18-10-6-5-7-11-18/h5-12H,13H2,1-4H3. The van der Waals surface area contributed by atoms with Crippen LogP contribution in [-0.2, 0) is 5.75 Å². The Balaban J connectivity index is 1.58. The lowest BCUT2D eigenvalue weighted by atomic mass is 10.1. The lowest BCUT2D eigenvalue weighted by Gasteiger charge is -2.15. The van der Waals surface area contributed by atoms with Crippen molar-refractivity contribution in [2.24, 2.45) is 0 Å². The van der Waals surface area contributed by atoms with Gasteiger partial charge in [-0.15, -0.1) is 21.5 Å². The van der Waals surface area contributed by atoms with Crippen molar-refractivity contribution < 1.29 is 4.42 Å². The van der Waals surface area contributed by atoms with Crippen LogP contribution in [0.15, 0.2) is 62.9 Å². The summed E-state index contributed by atoms with van der Waals surface area (Å²) >= 11 is 2.98. The van der Waals surface area contributed by atoms with Crippen molar-refractivity contribution in [1.29, 1.82) is 0 Å². The Morgan fingerprint density at radius 1 is 0.970 bits per heavy atom. The molecule has 0 radical (unpaired) electrons. The van der Waals surface area contributed by atoms with E-state index in [4.69, 9.17) is 9.40 Å². The number of aryl methyl sites for hydroxylation is 3. The molecule has 5 rings (SSSR count). The fourth-order valence-electron chi connectivity index (χ4n) is 3.70. The van der Waals surface area contributed by atoms with Crippen LogP contribution in [0.4, 0.5) is 0 Å². The third-order valence-corrected chi connectivity index (χ3v) is 7.83. The van der Waals surface area contributed by atoms with Gasteiger partial charge in [0.15, 0.2) is 5.16 Å². The number of aromatic nitrogens is 4. The first kappa shape index (κ1) is 21.6. The maximum Gasteiger partial charge on any atom is 0.267 e. The minimum atomic E-state index is -0.0476. The number of thioether (sulfide) groups is 1. The lowest BCUT2D eigenvalue weighted by Crippen LogP contribution is -2.22. The van der Waals surface area contributed by atoms with Crippen molar-refractivity contribution in [2.75, 3.05) is 0 Å². The molecule has 0 aliphatic carbocycles. The molecular weight excluding hydrogens is 452 g/mol. The summed E-state index contributed by atoms with van der Waals surface area (Å²) in [5.74, 6) is 1.37. The number of rotatable bonds is 5. The molecule has 0 aliphatic rings. The molecule has 0 amide bonds. The maximum atomic E-state index is 13.7. The van der Waals surface area contributed by atoms with Gasteiger partial charge >= 0.3 is 0 Å². The number of hydrogen-bond acceptors (Lipinski definition) is 7. The van der Waals surface area contributed by atoms with Gasteiger partial charge in [-0.25, -0.2) is 4.98 Å². The van der Waals surface area contributed by atoms with E-state index in [2.05, 4.69) is 10.2 Å². The molecule has 0 saturated heterocycles. The molecule has 0 fully saturated rings. The first-order chi connectivity index (χ1) is 15.9. The monoisotopic (exact) mass is 474 g/mol. The minimum absolute atomic E-state index is 0.0476. The van der Waals surface area contributed by atoms with Crippen LogP contribution in [-0.4, -0.2) is 19.7 Å². The van der Waals surface area contributed by atoms with Crippen LogP contribution < -0.4 is 5.56 Å². The number of fused-ring (bicyclic) bond motifs is 1. The van der Waals surface area contributed by atoms with Gasteiger partial charge in [0.1, 0.15) is 4.83 Å². The zero-order valence-corrected chi connectivity index (χ0v) is 20.4. The molecule has 33 heavy (non-hydrogen) atoms. The Bertz CT molecular complexity index is 1530. The predicted octanol–water partition coefficient (Wildman–Crippen LogP) is 6.02. The smallest absolute Gasteiger partial charge is 0.267 e. The predicted molar refractivity (Wildman–Crippen MR) is 133 cm³/mol. The second-order valence-corrected chi connectivity index (χ2v) is 10.0. The van der Waals surface area contributed by atoms with E-state index in [1.165, 1.54) is 11.8 Å². The van der Waals surface area contributed by atoms with Crippen molar-refractivity contribution in [3.63, 3.8) is 0 Å². The molecule has 3 aromatic heterocycles. The van der Waals surface area contributed by atoms with Gasteiger partial charge in [0.25, 0.3) is 5.56 Å². The second kappa shape index (κ2) is 8.61. The van der Waals surface area contributed by atoms with Crippen LogP contribution >= 0.6 is 23.1 Å². The van der Waals surface area contributed by atoms with Gasteiger partial charge in [0.2, 0.25) is 11.8 Å². The average Bonchev–Trinajstić information content (AvgIpc) is 3.40. The largest absolute Gasteiger partial charge is 0.420 e. The van der Waals surface area contributed by atoms with E-state index in [-0.39, 0.29) is 5.56 Å². The fourth-order valence-corrected chi connectivity index (χ4v) is 5.61. The Morgan fingerprint density at radius 3 is 2.55 bits per heavy atom. The van der Waals surface area contributed by atoms with Gasteiger partial charge < -0.3 is 4.42 Å². The Morgan fingerprint density at radius 2 is 1.76 bits per heavy atom. The molecule has 2 aromatic carbocycles. The van der Waals surface area contributed by atoms with Crippen LogP contribution in [0.1, 0.15) is 27.5 Å². The molecular formula is C25H22N4O2S2. The number of benzene rings is 2. The van der Waals surface area contributed by atoms with Crippen LogP contribution in [0.3, 0.4) is 0 Å². The Labute approximate surface area is 199 Å². The van der Waals surface area contributed by atoms with Gasteiger partial charge in [-0.3, -0.25) is 9.36 Å². The highest BCUT2D eigenvalue weighted by atomic mass is 32.2. The van der Waals surface area contributed by atoms with E-state index in [1.54, 1.807) is 15.9 Å². The summed E-state index contributed by atoms with van der Waals surface area (Å²) in [6, 6.07) is 15.7. The molecule has 166 valence electrons. The topological polar surface area (TPSA) is 73.8 Å². The number of nitrogens with zero attached hydrogens (tertiary/aromatic N) is 4. The van der Waals surface area contributed by atoms with Gasteiger partial charge in [-0.1, -0.05) is 42.1 Å². The Kier molecular flexibility index (Phi) is 5.64. The van der Waals surface area contributed by atoms with Crippen molar-refractivity contribution in [3.8, 4) is 17.1 Å². The summed E-state index contributed by atoms with van der Waals surface area (Å²) in [6.45, 7) is 8.10. The van der Waals surface area contributed by atoms with E-state index >= 15 is 0 Å². The zero-order valence-electron chi connectivity index (χ0n) is 18.7. The fraction of sp³-hybridized carbons (Fsp3) is 0.200. The van der Waals surface area contributed by atoms with Gasteiger partial charge in [-0.2, -0.15) is 0 Å². The van der Waals surface area contributed by atoms with Crippen LogP contribution in [0.5, 0.6) is 0 Å². The molecule has 0 saturated carbocycles.